The van der Waals surface area contributed by atoms with Crippen LogP contribution in [0, 0.1) is 0 Å². The minimum Gasteiger partial charge on any atom is -0.355 e. The molecule has 0 bridgehead atoms. The van der Waals surface area contributed by atoms with Crippen molar-refractivity contribution < 1.29 is 0 Å². The number of hydrogen-bond acceptors (Lipinski definition) is 1. The van der Waals surface area contributed by atoms with Gasteiger partial charge in [-0.3, -0.25) is 0 Å². The minimum absolute atomic E-state index is 1.07. The molecule has 0 saturated heterocycles. The van der Waals surface area contributed by atoms with Gasteiger partial charge in [-0.25, -0.2) is 0 Å². The Kier molecular flexibility index (Phi) is 5.49. The number of fused-ring (bicyclic) bond motifs is 3. The fraction of sp³-hybridized carbons (Fsp3) is 0. The number of rotatable bonds is 5. The molecule has 0 aliphatic rings. The first-order valence-electron chi connectivity index (χ1n) is 13.0. The highest BCUT2D eigenvalue weighted by Crippen LogP contribution is 2.39. The van der Waals surface area contributed by atoms with Crippen LogP contribution >= 0.6 is 0 Å². The van der Waals surface area contributed by atoms with E-state index in [1.807, 2.05) is 0 Å². The first-order valence-corrected chi connectivity index (χ1v) is 13.0. The van der Waals surface area contributed by atoms with Crippen LogP contribution in [0.25, 0.3) is 49.7 Å². The molecule has 1 heterocycles. The highest BCUT2D eigenvalue weighted by molar-refractivity contribution is 6.16. The zero-order valence-electron chi connectivity index (χ0n) is 20.9. The molecule has 7 rings (SSSR count). The molecule has 38 heavy (non-hydrogen) atoms. The van der Waals surface area contributed by atoms with Crippen LogP contribution in [0.4, 0.5) is 11.4 Å². The SMILES string of the molecule is c1ccc(-c2cccc(Nc3cccc4c3c3cc(-c5ccccc5)ccc3n4-c3ccccc3)c2)cc1. The van der Waals surface area contributed by atoms with E-state index >= 15 is 0 Å². The molecule has 0 aliphatic carbocycles. The van der Waals surface area contributed by atoms with Crippen molar-refractivity contribution in [3.8, 4) is 27.9 Å². The largest absolute Gasteiger partial charge is 0.355 e. The summed E-state index contributed by atoms with van der Waals surface area (Å²) in [5.41, 5.74) is 10.5. The maximum Gasteiger partial charge on any atom is 0.0562 e. The Morgan fingerprint density at radius 1 is 0.421 bits per heavy atom. The summed E-state index contributed by atoms with van der Waals surface area (Å²) in [4.78, 5) is 0. The normalized spacial score (nSPS) is 11.2. The third-order valence-corrected chi connectivity index (χ3v) is 7.16. The lowest BCUT2D eigenvalue weighted by Gasteiger charge is -2.11. The summed E-state index contributed by atoms with van der Waals surface area (Å²) in [6.07, 6.45) is 0. The summed E-state index contributed by atoms with van der Waals surface area (Å²) in [6.45, 7) is 0. The van der Waals surface area contributed by atoms with Gasteiger partial charge in [-0.1, -0.05) is 103 Å². The Balaban J connectivity index is 1.44. The Labute approximate surface area is 222 Å². The van der Waals surface area contributed by atoms with Crippen LogP contribution in [0.5, 0.6) is 0 Å². The van der Waals surface area contributed by atoms with Crippen LogP contribution < -0.4 is 5.32 Å². The van der Waals surface area contributed by atoms with E-state index in [-0.39, 0.29) is 0 Å². The van der Waals surface area contributed by atoms with Crippen molar-refractivity contribution in [2.75, 3.05) is 5.32 Å². The second-order valence-electron chi connectivity index (χ2n) is 9.54. The van der Waals surface area contributed by atoms with Crippen molar-refractivity contribution >= 4 is 33.2 Å². The summed E-state index contributed by atoms with van der Waals surface area (Å²) in [6, 6.07) is 53.7. The van der Waals surface area contributed by atoms with Crippen LogP contribution in [-0.2, 0) is 0 Å². The highest BCUT2D eigenvalue weighted by atomic mass is 15.0. The molecule has 0 aliphatic heterocycles. The van der Waals surface area contributed by atoms with E-state index in [1.54, 1.807) is 0 Å². The van der Waals surface area contributed by atoms with Crippen molar-refractivity contribution in [2.24, 2.45) is 0 Å². The Morgan fingerprint density at radius 3 is 1.74 bits per heavy atom. The molecule has 6 aromatic carbocycles. The fourth-order valence-electron chi connectivity index (χ4n) is 5.40. The maximum atomic E-state index is 3.76. The predicted octanol–water partition coefficient (Wildman–Crippen LogP) is 9.86. The number of aromatic nitrogens is 1. The van der Waals surface area contributed by atoms with E-state index in [2.05, 4.69) is 162 Å². The molecule has 180 valence electrons. The quantitative estimate of drug-likeness (QED) is 0.256. The summed E-state index contributed by atoms with van der Waals surface area (Å²) in [5.74, 6) is 0. The third-order valence-electron chi connectivity index (χ3n) is 7.16. The van der Waals surface area contributed by atoms with Gasteiger partial charge >= 0.3 is 0 Å². The van der Waals surface area contributed by atoms with Crippen LogP contribution in [-0.4, -0.2) is 4.57 Å². The number of nitrogens with one attached hydrogen (secondary N) is 1. The van der Waals surface area contributed by atoms with Crippen LogP contribution in [0.3, 0.4) is 0 Å². The van der Waals surface area contributed by atoms with Crippen LogP contribution in [0.2, 0.25) is 0 Å². The van der Waals surface area contributed by atoms with E-state index in [1.165, 1.54) is 44.1 Å². The van der Waals surface area contributed by atoms with Gasteiger partial charge in [0.1, 0.15) is 0 Å². The van der Waals surface area contributed by atoms with Crippen molar-refractivity contribution in [3.63, 3.8) is 0 Å². The van der Waals surface area contributed by atoms with Crippen molar-refractivity contribution in [2.45, 2.75) is 0 Å². The number of anilines is 2. The molecule has 1 N–H and O–H groups in total. The average molecular weight is 487 g/mol. The van der Waals surface area contributed by atoms with E-state index in [9.17, 15) is 0 Å². The van der Waals surface area contributed by atoms with E-state index in [0.29, 0.717) is 0 Å². The van der Waals surface area contributed by atoms with Gasteiger partial charge in [-0.2, -0.15) is 0 Å². The molecule has 0 fully saturated rings. The van der Waals surface area contributed by atoms with Gasteiger partial charge in [-0.05, 0) is 70.8 Å². The molecular formula is C36H26N2. The third kappa shape index (κ3) is 3.93. The molecule has 0 unspecified atom stereocenters. The molecule has 0 spiro atoms. The highest BCUT2D eigenvalue weighted by Gasteiger charge is 2.16. The molecule has 0 amide bonds. The van der Waals surface area contributed by atoms with Gasteiger partial charge in [0.2, 0.25) is 0 Å². The van der Waals surface area contributed by atoms with E-state index in [0.717, 1.165) is 17.1 Å². The summed E-state index contributed by atoms with van der Waals surface area (Å²) in [5, 5.41) is 6.21. The van der Waals surface area contributed by atoms with Gasteiger partial charge in [-0.15, -0.1) is 0 Å². The smallest absolute Gasteiger partial charge is 0.0562 e. The van der Waals surface area contributed by atoms with Crippen LogP contribution in [0.1, 0.15) is 0 Å². The topological polar surface area (TPSA) is 17.0 Å². The van der Waals surface area contributed by atoms with Crippen molar-refractivity contribution in [1.29, 1.82) is 0 Å². The first-order chi connectivity index (χ1) is 18.8. The molecule has 1 aromatic heterocycles. The van der Waals surface area contributed by atoms with Gasteiger partial charge in [0.15, 0.2) is 0 Å². The van der Waals surface area contributed by atoms with Crippen molar-refractivity contribution in [3.05, 3.63) is 152 Å². The minimum atomic E-state index is 1.07. The number of para-hydroxylation sites is 1. The summed E-state index contributed by atoms with van der Waals surface area (Å²) < 4.78 is 2.37. The van der Waals surface area contributed by atoms with Crippen molar-refractivity contribution in [1.82, 2.24) is 4.57 Å². The van der Waals surface area contributed by atoms with Gasteiger partial charge in [0.05, 0.1) is 11.0 Å². The number of nitrogens with zero attached hydrogens (tertiary/aromatic N) is 1. The lowest BCUT2D eigenvalue weighted by atomic mass is 10.0. The van der Waals surface area contributed by atoms with E-state index in [4.69, 9.17) is 0 Å². The fourth-order valence-corrected chi connectivity index (χ4v) is 5.40. The summed E-state index contributed by atoms with van der Waals surface area (Å²) in [7, 11) is 0. The predicted molar refractivity (Wildman–Crippen MR) is 161 cm³/mol. The number of hydrogen-bond donors (Lipinski definition) is 1. The molecule has 2 nitrogen and oxygen atoms in total. The zero-order valence-corrected chi connectivity index (χ0v) is 20.9. The zero-order chi connectivity index (χ0) is 25.3. The molecule has 0 saturated carbocycles. The Bertz CT molecular complexity index is 1870. The van der Waals surface area contributed by atoms with Gasteiger partial charge in [0.25, 0.3) is 0 Å². The standard InChI is InChI=1S/C36H26N2/c1-4-12-26(13-5-1)28-16-10-17-30(24-28)37-33-20-11-21-35-36(33)32-25-29(27-14-6-2-7-15-27)22-23-34(32)38(35)31-18-8-3-9-19-31/h1-25,37H. The monoisotopic (exact) mass is 486 g/mol. The van der Waals surface area contributed by atoms with E-state index < -0.39 is 0 Å². The van der Waals surface area contributed by atoms with Gasteiger partial charge in [0, 0.05) is 27.8 Å². The number of benzene rings is 6. The average Bonchev–Trinajstić information content (AvgIpc) is 3.33. The first kappa shape index (κ1) is 22.1. The summed E-state index contributed by atoms with van der Waals surface area (Å²) >= 11 is 0. The molecule has 0 atom stereocenters. The maximum absolute atomic E-state index is 3.76. The molecule has 0 radical (unpaired) electrons. The second-order valence-corrected chi connectivity index (χ2v) is 9.54. The van der Waals surface area contributed by atoms with Gasteiger partial charge < -0.3 is 9.88 Å². The second kappa shape index (κ2) is 9.42. The molecular weight excluding hydrogens is 460 g/mol. The Hall–Kier alpha value is -5.08. The molecule has 2 heteroatoms. The lowest BCUT2D eigenvalue weighted by molar-refractivity contribution is 1.18. The Morgan fingerprint density at radius 2 is 1.03 bits per heavy atom. The lowest BCUT2D eigenvalue weighted by Crippen LogP contribution is -1.94. The van der Waals surface area contributed by atoms with Crippen LogP contribution in [0.15, 0.2) is 152 Å². The molecule has 7 aromatic rings.